The lowest BCUT2D eigenvalue weighted by Gasteiger charge is -2.21. The fraction of sp³-hybridized carbons (Fsp3) is 0.933. The average molecular weight is 291 g/mol. The van der Waals surface area contributed by atoms with Crippen molar-refractivity contribution in [2.24, 2.45) is 17.6 Å². The number of nitrogens with one attached hydrogen (secondary N) is 1. The summed E-state index contributed by atoms with van der Waals surface area (Å²) in [5.41, 5.74) is 5.88. The highest BCUT2D eigenvalue weighted by Gasteiger charge is 2.17. The number of halogens is 1. The van der Waals surface area contributed by atoms with E-state index < -0.39 is 0 Å². The Morgan fingerprint density at radius 1 is 1.16 bits per heavy atom. The van der Waals surface area contributed by atoms with Gasteiger partial charge in [0.1, 0.15) is 0 Å². The second-order valence-electron chi connectivity index (χ2n) is 6.19. The van der Waals surface area contributed by atoms with Crippen LogP contribution in [0.3, 0.4) is 0 Å². The minimum Gasteiger partial charge on any atom is -0.354 e. The summed E-state index contributed by atoms with van der Waals surface area (Å²) < 4.78 is 0. The average Bonchev–Trinajstić information content (AvgIpc) is 2.26. The van der Waals surface area contributed by atoms with Gasteiger partial charge >= 0.3 is 0 Å². The molecule has 4 heteroatoms. The highest BCUT2D eigenvalue weighted by molar-refractivity contribution is 5.85. The predicted octanol–water partition coefficient (Wildman–Crippen LogP) is 3.26. The first-order chi connectivity index (χ1) is 8.59. The van der Waals surface area contributed by atoms with Crippen LogP contribution < -0.4 is 11.1 Å². The van der Waals surface area contributed by atoms with Crippen LogP contribution in [0.4, 0.5) is 0 Å². The monoisotopic (exact) mass is 290 g/mol. The lowest BCUT2D eigenvalue weighted by Crippen LogP contribution is -2.43. The first kappa shape index (κ1) is 18.7. The molecule has 1 aliphatic carbocycles. The second-order valence-corrected chi connectivity index (χ2v) is 6.19. The molecule has 1 fully saturated rings. The van der Waals surface area contributed by atoms with Crippen molar-refractivity contribution in [3.05, 3.63) is 0 Å². The van der Waals surface area contributed by atoms with Gasteiger partial charge in [0.05, 0.1) is 6.04 Å². The third-order valence-electron chi connectivity index (χ3n) is 3.85. The first-order valence-corrected chi connectivity index (χ1v) is 7.63. The summed E-state index contributed by atoms with van der Waals surface area (Å²) in [5.74, 6) is 1.18. The van der Waals surface area contributed by atoms with Crippen LogP contribution in [0.2, 0.25) is 0 Å². The molecular formula is C15H31ClN2O. The standard InChI is InChI=1S/C15H30N2O.ClH/c1-12(2)10-14(16)15(18)17-11-13-8-6-4-3-5-7-9-13;/h12-14H,3-11,16H2,1-2H3,(H,17,18);1H/t14-;/m0./s1. The Morgan fingerprint density at radius 3 is 2.21 bits per heavy atom. The van der Waals surface area contributed by atoms with Gasteiger partial charge in [-0.05, 0) is 31.1 Å². The summed E-state index contributed by atoms with van der Waals surface area (Å²) in [6.45, 7) is 5.02. The van der Waals surface area contributed by atoms with Crippen molar-refractivity contribution in [2.45, 2.75) is 71.3 Å². The van der Waals surface area contributed by atoms with Gasteiger partial charge in [-0.2, -0.15) is 0 Å². The first-order valence-electron chi connectivity index (χ1n) is 7.63. The number of carbonyl (C=O) groups is 1. The van der Waals surface area contributed by atoms with Crippen molar-refractivity contribution in [3.8, 4) is 0 Å². The molecule has 114 valence electrons. The molecule has 0 heterocycles. The number of hydrogen-bond donors (Lipinski definition) is 2. The molecule has 1 atom stereocenters. The fourth-order valence-corrected chi connectivity index (χ4v) is 2.74. The van der Waals surface area contributed by atoms with Crippen LogP contribution in [0.15, 0.2) is 0 Å². The highest BCUT2D eigenvalue weighted by Crippen LogP contribution is 2.21. The number of nitrogens with two attached hydrogens (primary N) is 1. The van der Waals surface area contributed by atoms with E-state index in [2.05, 4.69) is 19.2 Å². The molecule has 0 aromatic rings. The Bertz CT molecular complexity index is 238. The van der Waals surface area contributed by atoms with Gasteiger partial charge in [-0.15, -0.1) is 12.4 Å². The molecule has 0 aliphatic heterocycles. The molecule has 0 bridgehead atoms. The Labute approximate surface area is 124 Å². The molecular weight excluding hydrogens is 260 g/mol. The van der Waals surface area contributed by atoms with E-state index in [4.69, 9.17) is 5.73 Å². The quantitative estimate of drug-likeness (QED) is 0.816. The van der Waals surface area contributed by atoms with Crippen molar-refractivity contribution in [1.29, 1.82) is 0 Å². The number of carbonyl (C=O) groups excluding carboxylic acids is 1. The van der Waals surface area contributed by atoms with Crippen LogP contribution in [0, 0.1) is 11.8 Å². The summed E-state index contributed by atoms with van der Waals surface area (Å²) in [6.07, 6.45) is 10.0. The van der Waals surface area contributed by atoms with Gasteiger partial charge in [-0.3, -0.25) is 4.79 Å². The Kier molecular flexibility index (Phi) is 10.3. The van der Waals surface area contributed by atoms with Crippen LogP contribution in [-0.2, 0) is 4.79 Å². The van der Waals surface area contributed by atoms with Gasteiger partial charge in [0.25, 0.3) is 0 Å². The molecule has 1 aliphatic rings. The SMILES string of the molecule is CC(C)C[C@H](N)C(=O)NCC1CCCCCCC1.Cl. The largest absolute Gasteiger partial charge is 0.354 e. The number of hydrogen-bond acceptors (Lipinski definition) is 2. The summed E-state index contributed by atoms with van der Waals surface area (Å²) in [5, 5.41) is 3.04. The minimum atomic E-state index is -0.335. The summed E-state index contributed by atoms with van der Waals surface area (Å²) >= 11 is 0. The van der Waals surface area contributed by atoms with Crippen LogP contribution >= 0.6 is 12.4 Å². The van der Waals surface area contributed by atoms with E-state index in [0.717, 1.165) is 13.0 Å². The zero-order chi connectivity index (χ0) is 13.4. The molecule has 1 amide bonds. The van der Waals surface area contributed by atoms with Crippen LogP contribution in [0.25, 0.3) is 0 Å². The van der Waals surface area contributed by atoms with E-state index in [1.165, 1.54) is 44.9 Å². The fourth-order valence-electron chi connectivity index (χ4n) is 2.74. The van der Waals surface area contributed by atoms with E-state index in [9.17, 15) is 4.79 Å². The molecule has 0 saturated heterocycles. The van der Waals surface area contributed by atoms with Crippen LogP contribution in [0.5, 0.6) is 0 Å². The normalized spacial score (nSPS) is 19.2. The Hall–Kier alpha value is -0.280. The zero-order valence-corrected chi connectivity index (χ0v) is 13.3. The van der Waals surface area contributed by atoms with Gasteiger partial charge in [0.2, 0.25) is 5.91 Å². The van der Waals surface area contributed by atoms with Gasteiger partial charge in [-0.25, -0.2) is 0 Å². The Morgan fingerprint density at radius 2 is 1.68 bits per heavy atom. The van der Waals surface area contributed by atoms with E-state index in [-0.39, 0.29) is 24.4 Å². The zero-order valence-electron chi connectivity index (χ0n) is 12.5. The van der Waals surface area contributed by atoms with Gasteiger partial charge in [-0.1, -0.05) is 46.0 Å². The lowest BCUT2D eigenvalue weighted by atomic mass is 9.91. The molecule has 3 N–H and O–H groups in total. The molecule has 1 rings (SSSR count). The molecule has 0 aromatic carbocycles. The maximum atomic E-state index is 11.8. The number of rotatable bonds is 5. The topological polar surface area (TPSA) is 55.1 Å². The van der Waals surface area contributed by atoms with Crippen molar-refractivity contribution >= 4 is 18.3 Å². The molecule has 0 radical (unpaired) electrons. The maximum absolute atomic E-state index is 11.8. The van der Waals surface area contributed by atoms with Gasteiger partial charge < -0.3 is 11.1 Å². The van der Waals surface area contributed by atoms with E-state index >= 15 is 0 Å². The van der Waals surface area contributed by atoms with Crippen molar-refractivity contribution in [1.82, 2.24) is 5.32 Å². The lowest BCUT2D eigenvalue weighted by molar-refractivity contribution is -0.122. The van der Waals surface area contributed by atoms with E-state index in [1.54, 1.807) is 0 Å². The van der Waals surface area contributed by atoms with Gasteiger partial charge in [0.15, 0.2) is 0 Å². The summed E-state index contributed by atoms with van der Waals surface area (Å²) in [4.78, 5) is 11.8. The smallest absolute Gasteiger partial charge is 0.236 e. The van der Waals surface area contributed by atoms with E-state index in [1.807, 2.05) is 0 Å². The molecule has 1 saturated carbocycles. The van der Waals surface area contributed by atoms with Crippen LogP contribution in [-0.4, -0.2) is 18.5 Å². The van der Waals surface area contributed by atoms with Gasteiger partial charge in [0, 0.05) is 6.54 Å². The maximum Gasteiger partial charge on any atom is 0.236 e. The number of amides is 1. The molecule has 0 spiro atoms. The van der Waals surface area contributed by atoms with Crippen molar-refractivity contribution < 1.29 is 4.79 Å². The molecule has 0 unspecified atom stereocenters. The Balaban J connectivity index is 0.00000324. The molecule has 0 aromatic heterocycles. The molecule has 19 heavy (non-hydrogen) atoms. The molecule has 3 nitrogen and oxygen atoms in total. The summed E-state index contributed by atoms with van der Waals surface area (Å²) in [7, 11) is 0. The summed E-state index contributed by atoms with van der Waals surface area (Å²) in [6, 6.07) is -0.335. The van der Waals surface area contributed by atoms with Crippen molar-refractivity contribution in [2.75, 3.05) is 6.54 Å². The highest BCUT2D eigenvalue weighted by atomic mass is 35.5. The third-order valence-corrected chi connectivity index (χ3v) is 3.85. The minimum absolute atomic E-state index is 0. The predicted molar refractivity (Wildman–Crippen MR) is 83.5 cm³/mol. The second kappa shape index (κ2) is 10.5. The van der Waals surface area contributed by atoms with Crippen LogP contribution in [0.1, 0.15) is 65.2 Å². The third kappa shape index (κ3) is 8.48. The van der Waals surface area contributed by atoms with E-state index in [0.29, 0.717) is 11.8 Å². The van der Waals surface area contributed by atoms with Crippen molar-refractivity contribution in [3.63, 3.8) is 0 Å².